The van der Waals surface area contributed by atoms with Crippen LogP contribution in [0.15, 0.2) is 65.5 Å². The molecular formula is C21H18N6O3. The second kappa shape index (κ2) is 8.08. The van der Waals surface area contributed by atoms with E-state index in [1.54, 1.807) is 18.6 Å². The maximum absolute atomic E-state index is 5.80. The van der Waals surface area contributed by atoms with Crippen molar-refractivity contribution in [3.63, 3.8) is 0 Å². The highest BCUT2D eigenvalue weighted by Crippen LogP contribution is 2.35. The molecule has 0 atom stereocenters. The number of hydrogen-bond donors (Lipinski definition) is 2. The monoisotopic (exact) mass is 402 g/mol. The van der Waals surface area contributed by atoms with Crippen LogP contribution in [0.5, 0.6) is 11.5 Å². The molecule has 150 valence electrons. The highest BCUT2D eigenvalue weighted by molar-refractivity contribution is 5.69. The zero-order valence-corrected chi connectivity index (χ0v) is 15.9. The number of nitrogens with zero attached hydrogens (tertiary/aromatic N) is 4. The van der Waals surface area contributed by atoms with Gasteiger partial charge in [-0.25, -0.2) is 4.98 Å². The maximum atomic E-state index is 5.80. The molecule has 1 aromatic carbocycles. The Morgan fingerprint density at radius 1 is 0.933 bits per heavy atom. The molecule has 9 nitrogen and oxygen atoms in total. The molecule has 5 rings (SSSR count). The lowest BCUT2D eigenvalue weighted by molar-refractivity contribution is 0.174. The first-order chi connectivity index (χ1) is 14.8. The molecule has 4 heterocycles. The number of benzene rings is 1. The van der Waals surface area contributed by atoms with Crippen molar-refractivity contribution >= 4 is 17.5 Å². The van der Waals surface area contributed by atoms with Gasteiger partial charge >= 0.3 is 6.01 Å². The highest BCUT2D eigenvalue weighted by atomic mass is 16.7. The van der Waals surface area contributed by atoms with Crippen molar-refractivity contribution < 1.29 is 13.9 Å². The number of ether oxygens (including phenoxy) is 2. The summed E-state index contributed by atoms with van der Waals surface area (Å²) in [4.78, 5) is 8.45. The number of nitrogens with one attached hydrogen (secondary N) is 2. The highest BCUT2D eigenvalue weighted by Gasteiger charge is 2.16. The molecule has 0 spiro atoms. The molecular weight excluding hydrogens is 384 g/mol. The SMILES string of the molecule is c1cnc(NCCc2ccncc2)c(-c2nnc(Nc3ccc4c(c3)OCO4)o2)c1. The number of aromatic nitrogens is 4. The van der Waals surface area contributed by atoms with Gasteiger partial charge in [-0.3, -0.25) is 4.98 Å². The van der Waals surface area contributed by atoms with Crippen LogP contribution in [0.2, 0.25) is 0 Å². The van der Waals surface area contributed by atoms with Crippen LogP contribution < -0.4 is 20.1 Å². The quantitative estimate of drug-likeness (QED) is 0.479. The lowest BCUT2D eigenvalue weighted by atomic mass is 10.2. The molecule has 3 aromatic heterocycles. The van der Waals surface area contributed by atoms with Gasteiger partial charge < -0.3 is 24.5 Å². The molecule has 0 saturated carbocycles. The summed E-state index contributed by atoms with van der Waals surface area (Å²) in [6.45, 7) is 0.936. The van der Waals surface area contributed by atoms with Gasteiger partial charge in [0.05, 0.1) is 5.56 Å². The van der Waals surface area contributed by atoms with Crippen molar-refractivity contribution in [2.45, 2.75) is 6.42 Å². The molecule has 1 aliphatic rings. The molecule has 1 aliphatic heterocycles. The van der Waals surface area contributed by atoms with Crippen LogP contribution in [0.25, 0.3) is 11.5 Å². The molecule has 0 radical (unpaired) electrons. The van der Waals surface area contributed by atoms with Gasteiger partial charge in [-0.05, 0) is 48.4 Å². The van der Waals surface area contributed by atoms with Crippen molar-refractivity contribution in [2.24, 2.45) is 0 Å². The zero-order chi connectivity index (χ0) is 20.2. The molecule has 2 N–H and O–H groups in total. The minimum absolute atomic E-state index is 0.224. The van der Waals surface area contributed by atoms with E-state index in [0.717, 1.165) is 17.7 Å². The van der Waals surface area contributed by atoms with Crippen molar-refractivity contribution in [3.05, 3.63) is 66.6 Å². The van der Waals surface area contributed by atoms with Gasteiger partial charge in [0, 0.05) is 36.9 Å². The Morgan fingerprint density at radius 2 is 1.83 bits per heavy atom. The van der Waals surface area contributed by atoms with Crippen LogP contribution in [-0.4, -0.2) is 33.5 Å². The Morgan fingerprint density at radius 3 is 2.77 bits per heavy atom. The first kappa shape index (κ1) is 17.9. The minimum atomic E-state index is 0.224. The fourth-order valence-electron chi connectivity index (χ4n) is 3.07. The molecule has 4 aromatic rings. The predicted molar refractivity (Wildman–Crippen MR) is 110 cm³/mol. The summed E-state index contributed by atoms with van der Waals surface area (Å²) < 4.78 is 16.5. The molecule has 0 unspecified atom stereocenters. The third kappa shape index (κ3) is 3.86. The van der Waals surface area contributed by atoms with E-state index in [2.05, 4.69) is 30.8 Å². The summed E-state index contributed by atoms with van der Waals surface area (Å²) in [7, 11) is 0. The Labute approximate surface area is 172 Å². The number of hydrogen-bond acceptors (Lipinski definition) is 9. The molecule has 0 fully saturated rings. The standard InChI is InChI=1S/C21H18N6O3/c1-2-16(19(23-8-1)24-11-7-14-5-9-22-10-6-14)20-26-27-21(30-20)25-15-3-4-17-18(12-15)29-13-28-17/h1-6,8-10,12H,7,11,13H2,(H,23,24)(H,25,27). The molecule has 0 bridgehead atoms. The van der Waals surface area contributed by atoms with E-state index in [4.69, 9.17) is 13.9 Å². The smallest absolute Gasteiger partial charge is 0.320 e. The van der Waals surface area contributed by atoms with Crippen molar-refractivity contribution in [3.8, 4) is 23.0 Å². The number of anilines is 3. The molecule has 9 heteroatoms. The van der Waals surface area contributed by atoms with Gasteiger partial charge in [-0.15, -0.1) is 5.10 Å². The maximum Gasteiger partial charge on any atom is 0.320 e. The second-order valence-corrected chi connectivity index (χ2v) is 6.54. The minimum Gasteiger partial charge on any atom is -0.454 e. The molecule has 30 heavy (non-hydrogen) atoms. The van der Waals surface area contributed by atoms with E-state index in [0.29, 0.717) is 29.8 Å². The van der Waals surface area contributed by atoms with Crippen LogP contribution in [-0.2, 0) is 6.42 Å². The topological polar surface area (TPSA) is 107 Å². The van der Waals surface area contributed by atoms with E-state index in [1.165, 1.54) is 5.56 Å². The third-order valence-corrected chi connectivity index (χ3v) is 4.54. The Hall–Kier alpha value is -4.14. The van der Waals surface area contributed by atoms with E-state index >= 15 is 0 Å². The van der Waals surface area contributed by atoms with E-state index in [-0.39, 0.29) is 12.8 Å². The molecule has 0 saturated heterocycles. The van der Waals surface area contributed by atoms with Gasteiger partial charge in [0.1, 0.15) is 5.82 Å². The lowest BCUT2D eigenvalue weighted by Gasteiger charge is -2.08. The summed E-state index contributed by atoms with van der Waals surface area (Å²) >= 11 is 0. The fourth-order valence-corrected chi connectivity index (χ4v) is 3.07. The van der Waals surface area contributed by atoms with Crippen molar-refractivity contribution in [2.75, 3.05) is 24.0 Å². The molecule has 0 amide bonds. The number of rotatable bonds is 7. The molecule has 0 aliphatic carbocycles. The predicted octanol–water partition coefficient (Wildman–Crippen LogP) is 3.65. The lowest BCUT2D eigenvalue weighted by Crippen LogP contribution is -2.07. The zero-order valence-electron chi connectivity index (χ0n) is 15.9. The number of pyridine rings is 2. The van der Waals surface area contributed by atoms with Crippen molar-refractivity contribution in [1.29, 1.82) is 0 Å². The van der Waals surface area contributed by atoms with Crippen LogP contribution in [0.4, 0.5) is 17.5 Å². The van der Waals surface area contributed by atoms with Crippen LogP contribution in [0.3, 0.4) is 0 Å². The first-order valence-electron chi connectivity index (χ1n) is 9.43. The summed E-state index contributed by atoms with van der Waals surface area (Å²) in [6, 6.07) is 13.5. The summed E-state index contributed by atoms with van der Waals surface area (Å²) in [5.41, 5.74) is 2.69. The van der Waals surface area contributed by atoms with Gasteiger partial charge in [0.2, 0.25) is 6.79 Å². The first-order valence-corrected chi connectivity index (χ1v) is 9.43. The summed E-state index contributed by atoms with van der Waals surface area (Å²) in [6.07, 6.45) is 6.14. The van der Waals surface area contributed by atoms with Crippen molar-refractivity contribution in [1.82, 2.24) is 20.2 Å². The van der Waals surface area contributed by atoms with Gasteiger partial charge in [0.25, 0.3) is 5.89 Å². The van der Waals surface area contributed by atoms with E-state index in [9.17, 15) is 0 Å². The fraction of sp³-hybridized carbons (Fsp3) is 0.143. The van der Waals surface area contributed by atoms with Gasteiger partial charge in [-0.2, -0.15) is 0 Å². The summed E-state index contributed by atoms with van der Waals surface area (Å²) in [5.74, 6) is 2.44. The Bertz CT molecular complexity index is 1150. The summed E-state index contributed by atoms with van der Waals surface area (Å²) in [5, 5.41) is 14.7. The van der Waals surface area contributed by atoms with Gasteiger partial charge in [-0.1, -0.05) is 5.10 Å². The average molecular weight is 402 g/mol. The average Bonchev–Trinajstić information content (AvgIpc) is 3.44. The normalized spacial score (nSPS) is 12.0. The third-order valence-electron chi connectivity index (χ3n) is 4.54. The van der Waals surface area contributed by atoms with Gasteiger partial charge in [0.15, 0.2) is 11.5 Å². The van der Waals surface area contributed by atoms with Crippen LogP contribution in [0.1, 0.15) is 5.56 Å². The Kier molecular flexibility index (Phi) is 4.83. The number of fused-ring (bicyclic) bond motifs is 1. The van der Waals surface area contributed by atoms with Crippen LogP contribution >= 0.6 is 0 Å². The van der Waals surface area contributed by atoms with Crippen LogP contribution in [0, 0.1) is 0 Å². The van der Waals surface area contributed by atoms with E-state index < -0.39 is 0 Å². The van der Waals surface area contributed by atoms with E-state index in [1.807, 2.05) is 42.5 Å². The Balaban J connectivity index is 1.29. The second-order valence-electron chi connectivity index (χ2n) is 6.54. The largest absolute Gasteiger partial charge is 0.454 e.